The summed E-state index contributed by atoms with van der Waals surface area (Å²) in [5.74, 6) is -2.10. The molecule has 0 saturated heterocycles. The summed E-state index contributed by atoms with van der Waals surface area (Å²) in [5, 5.41) is 11.6. The first-order chi connectivity index (χ1) is 12.8. The fraction of sp³-hybridized carbons (Fsp3) is 0.105. The molecule has 0 spiro atoms. The number of ketones is 2. The van der Waals surface area contributed by atoms with Gasteiger partial charge in [0.25, 0.3) is 0 Å². The molecule has 0 radical (unpaired) electrons. The van der Waals surface area contributed by atoms with E-state index >= 15 is 0 Å². The predicted octanol–water partition coefficient (Wildman–Crippen LogP) is 2.99. The zero-order valence-corrected chi connectivity index (χ0v) is 14.3. The Bertz CT molecular complexity index is 999. The molecule has 2 aromatic carbocycles. The molecule has 0 fully saturated rings. The first-order valence-corrected chi connectivity index (χ1v) is 7.79. The summed E-state index contributed by atoms with van der Waals surface area (Å²) in [6.07, 6.45) is 1.16. The monoisotopic (exact) mass is 367 g/mol. The van der Waals surface area contributed by atoms with E-state index in [9.17, 15) is 24.5 Å². The van der Waals surface area contributed by atoms with Gasteiger partial charge < -0.3 is 9.47 Å². The normalized spacial score (nSPS) is 12.6. The van der Waals surface area contributed by atoms with Crippen molar-refractivity contribution in [3.63, 3.8) is 0 Å². The summed E-state index contributed by atoms with van der Waals surface area (Å²) in [6.45, 7) is 1.15. The molecule has 0 bridgehead atoms. The highest BCUT2D eigenvalue weighted by Gasteiger charge is 2.34. The maximum atomic E-state index is 12.5. The summed E-state index contributed by atoms with van der Waals surface area (Å²) in [7, 11) is 1.19. The van der Waals surface area contributed by atoms with Gasteiger partial charge >= 0.3 is 11.7 Å². The van der Waals surface area contributed by atoms with Crippen molar-refractivity contribution in [2.24, 2.45) is 0 Å². The van der Waals surface area contributed by atoms with Crippen LogP contribution in [0, 0.1) is 10.1 Å². The number of fused-ring (bicyclic) bond motifs is 1. The van der Waals surface area contributed by atoms with Crippen molar-refractivity contribution in [1.82, 2.24) is 0 Å². The van der Waals surface area contributed by atoms with Crippen LogP contribution in [0.2, 0.25) is 0 Å². The van der Waals surface area contributed by atoms with Crippen LogP contribution in [-0.4, -0.2) is 29.6 Å². The molecule has 2 aromatic rings. The molecule has 8 heteroatoms. The number of allylic oxidation sites excluding steroid dienone is 1. The number of methoxy groups -OCH3 is 1. The van der Waals surface area contributed by atoms with Crippen molar-refractivity contribution in [2.45, 2.75) is 6.92 Å². The fourth-order valence-corrected chi connectivity index (χ4v) is 2.86. The second kappa shape index (κ2) is 6.83. The van der Waals surface area contributed by atoms with Crippen LogP contribution >= 0.6 is 0 Å². The maximum absolute atomic E-state index is 12.5. The van der Waals surface area contributed by atoms with Crippen LogP contribution in [0.3, 0.4) is 0 Å². The molecule has 0 unspecified atom stereocenters. The standard InChI is InChI=1S/C19H13NO7/c1-10(21)27-15-8-7-11(16(20(24)25)19(15)26-2)9-14-17(22)12-5-3-4-6-13(12)18(14)23/h3-9H,1-2H3. The van der Waals surface area contributed by atoms with E-state index in [2.05, 4.69) is 0 Å². The number of hydrogen-bond donors (Lipinski definition) is 0. The zero-order chi connectivity index (χ0) is 19.7. The molecule has 0 atom stereocenters. The van der Waals surface area contributed by atoms with Crippen LogP contribution in [0.15, 0.2) is 42.0 Å². The van der Waals surface area contributed by atoms with Gasteiger partial charge in [0, 0.05) is 18.1 Å². The Morgan fingerprint density at radius 3 is 2.15 bits per heavy atom. The highest BCUT2D eigenvalue weighted by molar-refractivity contribution is 6.41. The van der Waals surface area contributed by atoms with Gasteiger partial charge in [-0.1, -0.05) is 24.3 Å². The molecule has 0 amide bonds. The lowest BCUT2D eigenvalue weighted by molar-refractivity contribution is -0.386. The molecule has 0 aliphatic heterocycles. The minimum atomic E-state index is -0.727. The lowest BCUT2D eigenvalue weighted by Gasteiger charge is -2.10. The van der Waals surface area contributed by atoms with E-state index in [1.165, 1.54) is 31.4 Å². The quantitative estimate of drug-likeness (QED) is 0.204. The van der Waals surface area contributed by atoms with Crippen LogP contribution in [0.1, 0.15) is 33.2 Å². The largest absolute Gasteiger partial charge is 0.488 e. The first-order valence-electron chi connectivity index (χ1n) is 7.79. The number of benzene rings is 2. The van der Waals surface area contributed by atoms with Gasteiger partial charge in [-0.2, -0.15) is 0 Å². The van der Waals surface area contributed by atoms with Crippen molar-refractivity contribution in [1.29, 1.82) is 0 Å². The Labute approximate surface area is 153 Å². The number of esters is 1. The van der Waals surface area contributed by atoms with Crippen LogP contribution in [0.5, 0.6) is 11.5 Å². The molecule has 0 N–H and O–H groups in total. The lowest BCUT2D eigenvalue weighted by atomic mass is 10.0. The highest BCUT2D eigenvalue weighted by atomic mass is 16.6. The molecular formula is C19H13NO7. The van der Waals surface area contributed by atoms with Gasteiger partial charge in [-0.3, -0.25) is 24.5 Å². The lowest BCUT2D eigenvalue weighted by Crippen LogP contribution is -2.06. The highest BCUT2D eigenvalue weighted by Crippen LogP contribution is 2.41. The first kappa shape index (κ1) is 18.0. The Morgan fingerprint density at radius 1 is 1.07 bits per heavy atom. The van der Waals surface area contributed by atoms with Gasteiger partial charge in [0.1, 0.15) is 0 Å². The average molecular weight is 367 g/mol. The SMILES string of the molecule is COc1c(OC(C)=O)ccc(C=C2C(=O)c3ccccc3C2=O)c1[N+](=O)[O-]. The van der Waals surface area contributed by atoms with Crippen molar-refractivity contribution in [3.05, 3.63) is 68.8 Å². The van der Waals surface area contributed by atoms with Crippen molar-refractivity contribution in [3.8, 4) is 11.5 Å². The molecule has 8 nitrogen and oxygen atoms in total. The van der Waals surface area contributed by atoms with Gasteiger partial charge in [-0.05, 0) is 18.2 Å². The topological polar surface area (TPSA) is 113 Å². The van der Waals surface area contributed by atoms with Gasteiger partial charge in [-0.25, -0.2) is 0 Å². The molecular weight excluding hydrogens is 354 g/mol. The van der Waals surface area contributed by atoms with E-state index in [4.69, 9.17) is 9.47 Å². The summed E-state index contributed by atoms with van der Waals surface area (Å²) >= 11 is 0. The molecule has 27 heavy (non-hydrogen) atoms. The zero-order valence-electron chi connectivity index (χ0n) is 14.3. The van der Waals surface area contributed by atoms with Crippen molar-refractivity contribution >= 4 is 29.3 Å². The second-order valence-corrected chi connectivity index (χ2v) is 5.65. The number of nitro benzene ring substituents is 1. The number of rotatable bonds is 4. The van der Waals surface area contributed by atoms with Crippen LogP contribution in [-0.2, 0) is 4.79 Å². The van der Waals surface area contributed by atoms with E-state index in [0.29, 0.717) is 0 Å². The van der Waals surface area contributed by atoms with Crippen LogP contribution < -0.4 is 9.47 Å². The average Bonchev–Trinajstić information content (AvgIpc) is 2.87. The molecule has 3 rings (SSSR count). The van der Waals surface area contributed by atoms with E-state index < -0.39 is 28.1 Å². The molecule has 136 valence electrons. The van der Waals surface area contributed by atoms with Gasteiger partial charge in [0.2, 0.25) is 5.75 Å². The number of hydrogen-bond acceptors (Lipinski definition) is 7. The number of Topliss-reactive ketones (excluding diaryl/α,β-unsaturated/α-hetero) is 2. The van der Waals surface area contributed by atoms with Gasteiger partial charge in [0.15, 0.2) is 17.3 Å². The minimum Gasteiger partial charge on any atom is -0.488 e. The third-order valence-corrected chi connectivity index (χ3v) is 3.97. The van der Waals surface area contributed by atoms with E-state index in [-0.39, 0.29) is 33.8 Å². The number of ether oxygens (including phenoxy) is 2. The number of nitro groups is 1. The Balaban J connectivity index is 2.17. The smallest absolute Gasteiger partial charge is 0.322 e. The summed E-state index contributed by atoms with van der Waals surface area (Å²) < 4.78 is 9.96. The summed E-state index contributed by atoms with van der Waals surface area (Å²) in [6, 6.07) is 8.90. The minimum absolute atomic E-state index is 0.0164. The second-order valence-electron chi connectivity index (χ2n) is 5.65. The van der Waals surface area contributed by atoms with E-state index in [1.54, 1.807) is 12.1 Å². The predicted molar refractivity (Wildman–Crippen MR) is 94.0 cm³/mol. The molecule has 1 aliphatic carbocycles. The number of carbonyl (C=O) groups is 3. The Kier molecular flexibility index (Phi) is 4.55. The molecule has 1 aliphatic rings. The van der Waals surface area contributed by atoms with Crippen molar-refractivity contribution in [2.75, 3.05) is 7.11 Å². The van der Waals surface area contributed by atoms with E-state index in [0.717, 1.165) is 13.0 Å². The third-order valence-electron chi connectivity index (χ3n) is 3.97. The fourth-order valence-electron chi connectivity index (χ4n) is 2.86. The molecule has 0 aromatic heterocycles. The number of nitrogens with zero attached hydrogens (tertiary/aromatic N) is 1. The van der Waals surface area contributed by atoms with Gasteiger partial charge in [0.05, 0.1) is 23.2 Å². The molecule has 0 heterocycles. The number of carbonyl (C=O) groups excluding carboxylic acids is 3. The van der Waals surface area contributed by atoms with Crippen LogP contribution in [0.25, 0.3) is 6.08 Å². The Hall–Kier alpha value is -3.81. The van der Waals surface area contributed by atoms with Crippen LogP contribution in [0.4, 0.5) is 5.69 Å². The third kappa shape index (κ3) is 3.08. The summed E-state index contributed by atoms with van der Waals surface area (Å²) in [5.41, 5.74) is -0.209. The maximum Gasteiger partial charge on any atom is 0.322 e. The van der Waals surface area contributed by atoms with Crippen molar-refractivity contribution < 1.29 is 28.8 Å². The van der Waals surface area contributed by atoms with Gasteiger partial charge in [-0.15, -0.1) is 0 Å². The van der Waals surface area contributed by atoms with E-state index in [1.807, 2.05) is 0 Å². The summed E-state index contributed by atoms with van der Waals surface area (Å²) in [4.78, 5) is 47.0. The molecule has 0 saturated carbocycles. The Morgan fingerprint density at radius 2 is 1.67 bits per heavy atom.